The van der Waals surface area contributed by atoms with Gasteiger partial charge in [0.25, 0.3) is 0 Å². The molecular weight excluding hydrogens is 508 g/mol. The molecule has 1 aliphatic rings. The topological polar surface area (TPSA) is 56.8 Å². The highest BCUT2D eigenvalue weighted by Crippen LogP contribution is 2.30. The second kappa shape index (κ2) is 8.54. The maximum absolute atomic E-state index is 6.30. The number of aromatic amines is 1. The van der Waals surface area contributed by atoms with Crippen LogP contribution in [0.25, 0.3) is 11.2 Å². The molecule has 1 saturated heterocycles. The Balaban J connectivity index is 1.46. The molecule has 148 valence electrons. The van der Waals surface area contributed by atoms with Crippen LogP contribution in [0.15, 0.2) is 22.7 Å². The molecule has 1 fully saturated rings. The third kappa shape index (κ3) is 4.37. The van der Waals surface area contributed by atoms with Crippen molar-refractivity contribution in [3.63, 3.8) is 0 Å². The fraction of sp³-hybridized carbons (Fsp3) is 0.333. The van der Waals surface area contributed by atoms with E-state index in [4.69, 9.17) is 46.4 Å². The summed E-state index contributed by atoms with van der Waals surface area (Å²) in [4.78, 5) is 14.5. The third-order valence-electron chi connectivity index (χ3n) is 4.74. The van der Waals surface area contributed by atoms with E-state index >= 15 is 0 Å². The molecule has 0 radical (unpaired) electrons. The van der Waals surface area contributed by atoms with E-state index in [1.54, 1.807) is 6.07 Å². The molecule has 3 heterocycles. The number of fused-ring (bicyclic) bond motifs is 1. The smallest absolute Gasteiger partial charge is 0.205 e. The maximum atomic E-state index is 6.30. The lowest BCUT2D eigenvalue weighted by Gasteiger charge is -2.33. The standard InChI is InChI=1S/C18H16BrCl4N5/c19-12-6-14-17(26-16(12)23)27-18(25-14)28-3-1-2-11(8-28)24-7-9-4-10(20)5-13(21)15(9)22/h4-6,11,24H,1-3,7-8H2,(H,25,26,27)/t11-/m0/s1. The zero-order chi connectivity index (χ0) is 19.8. The molecular formula is C18H16BrCl4N5. The van der Waals surface area contributed by atoms with Gasteiger partial charge in [-0.3, -0.25) is 0 Å². The molecule has 0 spiro atoms. The third-order valence-corrected chi connectivity index (χ3v) is 6.92. The van der Waals surface area contributed by atoms with Crippen LogP contribution in [0.2, 0.25) is 20.2 Å². The second-order valence-electron chi connectivity index (χ2n) is 6.72. The summed E-state index contributed by atoms with van der Waals surface area (Å²) < 4.78 is 0.743. The van der Waals surface area contributed by atoms with Crippen LogP contribution in [0.5, 0.6) is 0 Å². The van der Waals surface area contributed by atoms with Crippen molar-refractivity contribution in [2.45, 2.75) is 25.4 Å². The average Bonchev–Trinajstić information content (AvgIpc) is 3.07. The fourth-order valence-corrected chi connectivity index (χ4v) is 4.53. The van der Waals surface area contributed by atoms with Crippen molar-refractivity contribution in [3.05, 3.63) is 48.5 Å². The molecule has 0 aliphatic carbocycles. The van der Waals surface area contributed by atoms with Gasteiger partial charge in [0.2, 0.25) is 5.95 Å². The van der Waals surface area contributed by atoms with Crippen LogP contribution in [0.1, 0.15) is 18.4 Å². The van der Waals surface area contributed by atoms with Crippen molar-refractivity contribution in [2.24, 2.45) is 0 Å². The first kappa shape index (κ1) is 20.5. The minimum atomic E-state index is 0.291. The first-order valence-electron chi connectivity index (χ1n) is 8.74. The Morgan fingerprint density at radius 2 is 2.00 bits per heavy atom. The SMILES string of the molecule is Clc1cc(Cl)c(Cl)c(CN[C@H]2CCCN(c3nc4nc(Cl)c(Br)cc4[nH]3)C2)c1. The second-order valence-corrected chi connectivity index (χ2v) is 9.15. The minimum absolute atomic E-state index is 0.291. The van der Waals surface area contributed by atoms with Crippen molar-refractivity contribution < 1.29 is 0 Å². The van der Waals surface area contributed by atoms with Gasteiger partial charge >= 0.3 is 0 Å². The van der Waals surface area contributed by atoms with Gasteiger partial charge in [-0.05, 0) is 52.5 Å². The molecule has 0 bridgehead atoms. The molecule has 4 rings (SSSR count). The molecule has 0 saturated carbocycles. The summed E-state index contributed by atoms with van der Waals surface area (Å²) in [6, 6.07) is 5.68. The number of anilines is 1. The van der Waals surface area contributed by atoms with E-state index in [9.17, 15) is 0 Å². The van der Waals surface area contributed by atoms with E-state index in [1.165, 1.54) is 0 Å². The van der Waals surface area contributed by atoms with Gasteiger partial charge in [-0.2, -0.15) is 4.98 Å². The van der Waals surface area contributed by atoms with E-state index in [-0.39, 0.29) is 0 Å². The highest BCUT2D eigenvalue weighted by Gasteiger charge is 2.23. The number of hydrogen-bond donors (Lipinski definition) is 2. The van der Waals surface area contributed by atoms with Crippen LogP contribution in [0.4, 0.5) is 5.95 Å². The summed E-state index contributed by atoms with van der Waals surface area (Å²) in [6.45, 7) is 2.35. The van der Waals surface area contributed by atoms with E-state index in [2.05, 4.69) is 41.1 Å². The molecule has 1 aliphatic heterocycles. The molecule has 3 aromatic rings. The van der Waals surface area contributed by atoms with E-state index < -0.39 is 0 Å². The number of H-pyrrole nitrogens is 1. The normalized spacial score (nSPS) is 17.5. The number of pyridine rings is 1. The van der Waals surface area contributed by atoms with Crippen molar-refractivity contribution in [1.29, 1.82) is 0 Å². The Labute approximate surface area is 190 Å². The molecule has 1 atom stereocenters. The highest BCUT2D eigenvalue weighted by molar-refractivity contribution is 9.10. The van der Waals surface area contributed by atoms with E-state index in [0.717, 1.165) is 47.4 Å². The number of aromatic nitrogens is 3. The highest BCUT2D eigenvalue weighted by atomic mass is 79.9. The lowest BCUT2D eigenvalue weighted by molar-refractivity contribution is 0.419. The fourth-order valence-electron chi connectivity index (χ4n) is 3.36. The van der Waals surface area contributed by atoms with Crippen LogP contribution >= 0.6 is 62.3 Å². The van der Waals surface area contributed by atoms with Gasteiger partial charge in [-0.1, -0.05) is 46.4 Å². The van der Waals surface area contributed by atoms with Crippen LogP contribution in [-0.4, -0.2) is 34.1 Å². The minimum Gasteiger partial charge on any atom is -0.341 e. The lowest BCUT2D eigenvalue weighted by atomic mass is 10.1. The monoisotopic (exact) mass is 521 g/mol. The zero-order valence-corrected chi connectivity index (χ0v) is 19.2. The quantitative estimate of drug-likeness (QED) is 0.321. The van der Waals surface area contributed by atoms with Crippen molar-refractivity contribution in [3.8, 4) is 0 Å². The van der Waals surface area contributed by atoms with Crippen LogP contribution in [0.3, 0.4) is 0 Å². The van der Waals surface area contributed by atoms with Crippen molar-refractivity contribution >= 4 is 79.4 Å². The number of benzene rings is 1. The Hall–Kier alpha value is -0.760. The molecule has 2 aromatic heterocycles. The van der Waals surface area contributed by atoms with Gasteiger partial charge in [0.1, 0.15) is 5.15 Å². The summed E-state index contributed by atoms with van der Waals surface area (Å²) >= 11 is 28.0. The molecule has 2 N–H and O–H groups in total. The van der Waals surface area contributed by atoms with E-state index in [1.807, 2.05) is 12.1 Å². The zero-order valence-electron chi connectivity index (χ0n) is 14.6. The summed E-state index contributed by atoms with van der Waals surface area (Å²) in [5, 5.41) is 5.55. The first-order valence-corrected chi connectivity index (χ1v) is 11.0. The lowest BCUT2D eigenvalue weighted by Crippen LogP contribution is -2.45. The number of hydrogen-bond acceptors (Lipinski definition) is 4. The first-order chi connectivity index (χ1) is 13.4. The predicted octanol–water partition coefficient (Wildman–Crippen LogP) is 6.09. The summed E-state index contributed by atoms with van der Waals surface area (Å²) in [5.74, 6) is 0.798. The molecule has 10 heteroatoms. The molecule has 28 heavy (non-hydrogen) atoms. The summed E-state index contributed by atoms with van der Waals surface area (Å²) in [5.41, 5.74) is 2.35. The predicted molar refractivity (Wildman–Crippen MR) is 120 cm³/mol. The van der Waals surface area contributed by atoms with Gasteiger partial charge in [0, 0.05) is 30.7 Å². The molecule has 0 amide bonds. The molecule has 0 unspecified atom stereocenters. The van der Waals surface area contributed by atoms with Gasteiger partial charge in [-0.15, -0.1) is 0 Å². The molecule has 5 nitrogen and oxygen atoms in total. The largest absolute Gasteiger partial charge is 0.341 e. The molecule has 1 aromatic carbocycles. The van der Waals surface area contributed by atoms with Crippen LogP contribution < -0.4 is 10.2 Å². The van der Waals surface area contributed by atoms with Gasteiger partial charge in [-0.25, -0.2) is 4.98 Å². The van der Waals surface area contributed by atoms with Crippen LogP contribution in [-0.2, 0) is 6.54 Å². The van der Waals surface area contributed by atoms with Crippen molar-refractivity contribution in [2.75, 3.05) is 18.0 Å². The van der Waals surface area contributed by atoms with Crippen molar-refractivity contribution in [1.82, 2.24) is 20.3 Å². The summed E-state index contributed by atoms with van der Waals surface area (Å²) in [7, 11) is 0. The van der Waals surface area contributed by atoms with Gasteiger partial charge < -0.3 is 15.2 Å². The number of nitrogens with one attached hydrogen (secondary N) is 2. The Morgan fingerprint density at radius 1 is 1.18 bits per heavy atom. The number of piperidine rings is 1. The average molecular weight is 524 g/mol. The van der Waals surface area contributed by atoms with Crippen LogP contribution in [0, 0.1) is 0 Å². The van der Waals surface area contributed by atoms with E-state index in [0.29, 0.717) is 38.5 Å². The van der Waals surface area contributed by atoms with Gasteiger partial charge in [0.15, 0.2) is 5.65 Å². The number of rotatable bonds is 4. The number of halogens is 5. The Bertz CT molecular complexity index is 986. The number of imidazole rings is 1. The Kier molecular flexibility index (Phi) is 6.26. The summed E-state index contributed by atoms with van der Waals surface area (Å²) in [6.07, 6.45) is 2.12. The van der Waals surface area contributed by atoms with Gasteiger partial charge in [0.05, 0.1) is 20.0 Å². The maximum Gasteiger partial charge on any atom is 0.205 e. The Morgan fingerprint density at radius 3 is 2.82 bits per heavy atom. The number of nitrogens with zero attached hydrogens (tertiary/aromatic N) is 3.